The van der Waals surface area contributed by atoms with Gasteiger partial charge in [-0.25, -0.2) is 8.42 Å². The Morgan fingerprint density at radius 3 is 2.56 bits per heavy atom. The fraction of sp³-hybridized carbons (Fsp3) is 1.00. The minimum absolute atomic E-state index is 0.0886. The molecule has 0 aromatic rings. The van der Waals surface area contributed by atoms with Crippen LogP contribution in [-0.2, 0) is 20.6 Å². The van der Waals surface area contributed by atoms with Crippen molar-refractivity contribution >= 4 is 20.6 Å². The quantitative estimate of drug-likeness (QED) is 0.533. The van der Waals surface area contributed by atoms with Crippen LogP contribution in [-0.4, -0.2) is 60.4 Å². The van der Waals surface area contributed by atoms with E-state index in [9.17, 15) is 17.7 Å². The molecule has 0 aliphatic heterocycles. The summed E-state index contributed by atoms with van der Waals surface area (Å²) >= 11 is 0. The van der Waals surface area contributed by atoms with Crippen LogP contribution in [0.4, 0.5) is 0 Å². The average molecular weight is 271 g/mol. The van der Waals surface area contributed by atoms with Crippen molar-refractivity contribution in [3.63, 3.8) is 0 Å². The molecule has 2 unspecified atom stereocenters. The Kier molecular flexibility index (Phi) is 8.17. The SMILES string of the molecule is CCCNCC(O)CS(=O)CCS(C)(=O)=O. The van der Waals surface area contributed by atoms with Crippen molar-refractivity contribution in [3.8, 4) is 0 Å². The van der Waals surface area contributed by atoms with Crippen molar-refractivity contribution in [2.75, 3.05) is 36.6 Å². The van der Waals surface area contributed by atoms with Gasteiger partial charge in [0.1, 0.15) is 9.84 Å². The second kappa shape index (κ2) is 8.16. The second-order valence-corrected chi connectivity index (χ2v) is 7.68. The molecule has 0 rings (SSSR count). The van der Waals surface area contributed by atoms with Crippen molar-refractivity contribution in [3.05, 3.63) is 0 Å². The van der Waals surface area contributed by atoms with Crippen LogP contribution in [0, 0.1) is 0 Å². The zero-order valence-corrected chi connectivity index (χ0v) is 11.4. The van der Waals surface area contributed by atoms with Crippen molar-refractivity contribution in [2.24, 2.45) is 0 Å². The maximum atomic E-state index is 11.4. The highest BCUT2D eigenvalue weighted by atomic mass is 32.2. The highest BCUT2D eigenvalue weighted by Gasteiger charge is 2.11. The smallest absolute Gasteiger partial charge is 0.148 e. The van der Waals surface area contributed by atoms with Crippen molar-refractivity contribution in [1.29, 1.82) is 0 Å². The molecule has 0 spiro atoms. The fourth-order valence-electron chi connectivity index (χ4n) is 1.05. The average Bonchev–Trinajstić information content (AvgIpc) is 2.14. The van der Waals surface area contributed by atoms with Crippen LogP contribution >= 0.6 is 0 Å². The first-order valence-corrected chi connectivity index (χ1v) is 8.81. The summed E-state index contributed by atoms with van der Waals surface area (Å²) in [4.78, 5) is 0. The summed E-state index contributed by atoms with van der Waals surface area (Å²) in [5.74, 6) is 0.143. The summed E-state index contributed by atoms with van der Waals surface area (Å²) in [5.41, 5.74) is 0. The van der Waals surface area contributed by atoms with Crippen molar-refractivity contribution in [1.82, 2.24) is 5.32 Å². The van der Waals surface area contributed by atoms with Gasteiger partial charge in [0.15, 0.2) is 0 Å². The summed E-state index contributed by atoms with van der Waals surface area (Å²) in [6.45, 7) is 3.23. The summed E-state index contributed by atoms with van der Waals surface area (Å²) in [6.07, 6.45) is 1.42. The highest BCUT2D eigenvalue weighted by Crippen LogP contribution is 1.92. The van der Waals surface area contributed by atoms with E-state index in [-0.39, 0.29) is 17.3 Å². The molecule has 2 N–H and O–H groups in total. The van der Waals surface area contributed by atoms with Gasteiger partial charge >= 0.3 is 0 Å². The van der Waals surface area contributed by atoms with E-state index in [1.807, 2.05) is 6.92 Å². The molecule has 0 saturated heterocycles. The molecular formula is C9H21NO4S2. The van der Waals surface area contributed by atoms with Gasteiger partial charge < -0.3 is 10.4 Å². The first-order chi connectivity index (χ1) is 7.35. The van der Waals surface area contributed by atoms with E-state index in [4.69, 9.17) is 0 Å². The summed E-state index contributed by atoms with van der Waals surface area (Å²) < 4.78 is 33.0. The molecule has 0 radical (unpaired) electrons. The van der Waals surface area contributed by atoms with Crippen LogP contribution in [0.15, 0.2) is 0 Å². The molecule has 0 aromatic heterocycles. The maximum Gasteiger partial charge on any atom is 0.148 e. The molecule has 7 heteroatoms. The fourth-order valence-corrected chi connectivity index (χ4v) is 3.71. The predicted molar refractivity (Wildman–Crippen MR) is 66.8 cm³/mol. The molecule has 0 saturated carbocycles. The molecule has 0 fully saturated rings. The zero-order chi connectivity index (χ0) is 12.6. The Labute approximate surface area is 100 Å². The number of aliphatic hydroxyl groups excluding tert-OH is 1. The molecule has 98 valence electrons. The number of nitrogens with one attached hydrogen (secondary N) is 1. The van der Waals surface area contributed by atoms with Crippen LogP contribution in [0.5, 0.6) is 0 Å². The minimum Gasteiger partial charge on any atom is -0.391 e. The number of hydrogen-bond donors (Lipinski definition) is 2. The van der Waals surface area contributed by atoms with E-state index in [0.29, 0.717) is 6.54 Å². The van der Waals surface area contributed by atoms with Gasteiger partial charge in [-0.15, -0.1) is 0 Å². The Morgan fingerprint density at radius 1 is 1.44 bits per heavy atom. The molecule has 0 aliphatic carbocycles. The van der Waals surface area contributed by atoms with Crippen LogP contribution in [0.2, 0.25) is 0 Å². The molecule has 0 heterocycles. The van der Waals surface area contributed by atoms with Crippen LogP contribution in [0.25, 0.3) is 0 Å². The number of hydrogen-bond acceptors (Lipinski definition) is 5. The van der Waals surface area contributed by atoms with Crippen molar-refractivity contribution < 1.29 is 17.7 Å². The lowest BCUT2D eigenvalue weighted by molar-refractivity contribution is 0.195. The van der Waals surface area contributed by atoms with Gasteiger partial charge in [-0.2, -0.15) is 0 Å². The van der Waals surface area contributed by atoms with E-state index in [1.54, 1.807) is 0 Å². The topological polar surface area (TPSA) is 83.5 Å². The lowest BCUT2D eigenvalue weighted by Crippen LogP contribution is -2.32. The third kappa shape index (κ3) is 10.5. The largest absolute Gasteiger partial charge is 0.391 e. The first kappa shape index (κ1) is 16.0. The van der Waals surface area contributed by atoms with Crippen LogP contribution in [0.1, 0.15) is 13.3 Å². The van der Waals surface area contributed by atoms with Gasteiger partial charge in [-0.05, 0) is 13.0 Å². The molecule has 2 atom stereocenters. The van der Waals surface area contributed by atoms with Gasteiger partial charge in [0.2, 0.25) is 0 Å². The molecular weight excluding hydrogens is 250 g/mol. The van der Waals surface area contributed by atoms with E-state index >= 15 is 0 Å². The molecule has 5 nitrogen and oxygen atoms in total. The number of sulfone groups is 1. The monoisotopic (exact) mass is 271 g/mol. The van der Waals surface area contributed by atoms with Crippen LogP contribution < -0.4 is 5.32 Å². The third-order valence-electron chi connectivity index (χ3n) is 1.87. The highest BCUT2D eigenvalue weighted by molar-refractivity contribution is 7.92. The Balaban J connectivity index is 3.70. The third-order valence-corrected chi connectivity index (χ3v) is 4.49. The van der Waals surface area contributed by atoms with E-state index in [0.717, 1.165) is 19.2 Å². The van der Waals surface area contributed by atoms with Gasteiger partial charge in [-0.3, -0.25) is 4.21 Å². The van der Waals surface area contributed by atoms with Gasteiger partial charge in [0.25, 0.3) is 0 Å². The van der Waals surface area contributed by atoms with Gasteiger partial charge in [0.05, 0.1) is 17.6 Å². The van der Waals surface area contributed by atoms with Gasteiger partial charge in [0, 0.05) is 29.4 Å². The maximum absolute atomic E-state index is 11.4. The lowest BCUT2D eigenvalue weighted by Gasteiger charge is -2.10. The summed E-state index contributed by atoms with van der Waals surface area (Å²) in [5, 5.41) is 12.5. The Bertz CT molecular complexity index is 303. The molecule has 0 bridgehead atoms. The van der Waals surface area contributed by atoms with E-state index in [2.05, 4.69) is 5.32 Å². The second-order valence-electron chi connectivity index (χ2n) is 3.80. The van der Waals surface area contributed by atoms with Gasteiger partial charge in [-0.1, -0.05) is 6.92 Å². The van der Waals surface area contributed by atoms with E-state index in [1.165, 1.54) is 0 Å². The number of aliphatic hydroxyl groups is 1. The minimum atomic E-state index is -3.07. The van der Waals surface area contributed by atoms with Crippen LogP contribution in [0.3, 0.4) is 0 Å². The normalized spacial score (nSPS) is 15.9. The zero-order valence-electron chi connectivity index (χ0n) is 9.81. The molecule has 16 heavy (non-hydrogen) atoms. The van der Waals surface area contributed by atoms with Crippen molar-refractivity contribution in [2.45, 2.75) is 19.4 Å². The lowest BCUT2D eigenvalue weighted by atomic mass is 10.4. The Hall–Kier alpha value is 0.0200. The first-order valence-electron chi connectivity index (χ1n) is 5.26. The molecule has 0 aromatic carbocycles. The molecule has 0 aliphatic rings. The summed E-state index contributed by atoms with van der Waals surface area (Å²) in [6, 6.07) is 0. The predicted octanol–water partition coefficient (Wildman–Crippen LogP) is -0.860. The molecule has 0 amide bonds. The number of rotatable bonds is 9. The Morgan fingerprint density at radius 2 is 2.06 bits per heavy atom. The standard InChI is InChI=1S/C9H21NO4S2/c1-3-4-10-7-9(11)8-15(12)5-6-16(2,13)14/h9-11H,3-8H2,1-2H3. The van der Waals surface area contributed by atoms with E-state index < -0.39 is 26.7 Å². The summed E-state index contributed by atoms with van der Waals surface area (Å²) in [7, 11) is -4.34.